The number of hydrogen-bond acceptors (Lipinski definition) is 4. The van der Waals surface area contributed by atoms with Gasteiger partial charge in [0.05, 0.1) is 17.3 Å². The molecule has 0 radical (unpaired) electrons. The summed E-state index contributed by atoms with van der Waals surface area (Å²) in [6.45, 7) is 2.75. The van der Waals surface area contributed by atoms with Crippen molar-refractivity contribution in [1.29, 1.82) is 0 Å². The van der Waals surface area contributed by atoms with E-state index >= 15 is 0 Å². The van der Waals surface area contributed by atoms with Crippen molar-refractivity contribution in [3.05, 3.63) is 33.2 Å². The number of nitrogens with zero attached hydrogens (tertiary/aromatic N) is 2. The molecule has 0 aromatic carbocycles. The van der Waals surface area contributed by atoms with Crippen LogP contribution in [0.1, 0.15) is 6.92 Å². The van der Waals surface area contributed by atoms with Crippen LogP contribution in [0, 0.1) is 0 Å². The first-order valence-corrected chi connectivity index (χ1v) is 7.05. The van der Waals surface area contributed by atoms with Crippen molar-refractivity contribution in [1.82, 2.24) is 10.2 Å². The van der Waals surface area contributed by atoms with Gasteiger partial charge in [0, 0.05) is 29.2 Å². The lowest BCUT2D eigenvalue weighted by atomic mass is 10.2. The third-order valence-corrected chi connectivity index (χ3v) is 4.70. The summed E-state index contributed by atoms with van der Waals surface area (Å²) in [6, 6.07) is 0. The van der Waals surface area contributed by atoms with Gasteiger partial charge in [-0.3, -0.25) is 4.99 Å². The lowest BCUT2D eigenvalue weighted by Crippen LogP contribution is -2.42. The Hall–Kier alpha value is -0.880. The molecule has 0 saturated carbocycles. The standard InChI is InChI=1S/C11H15BrN4S/c1-7(4-13)16-5-10(14-2)15-9-3-8(12)6-17-11(9)16/h3-4H,5-6,13H2,1-2H3,(H,14,15)/b7-4-. The summed E-state index contributed by atoms with van der Waals surface area (Å²) >= 11 is 5.33. The topological polar surface area (TPSA) is 53.6 Å². The van der Waals surface area contributed by atoms with Crippen molar-refractivity contribution in [3.8, 4) is 0 Å². The lowest BCUT2D eigenvalue weighted by molar-refractivity contribution is 0.493. The molecule has 0 spiro atoms. The zero-order chi connectivity index (χ0) is 12.4. The highest BCUT2D eigenvalue weighted by atomic mass is 79.9. The highest BCUT2D eigenvalue weighted by Gasteiger charge is 2.26. The second kappa shape index (κ2) is 5.18. The third kappa shape index (κ3) is 2.52. The summed E-state index contributed by atoms with van der Waals surface area (Å²) < 4.78 is 1.18. The number of thioether (sulfide) groups is 1. The fourth-order valence-electron chi connectivity index (χ4n) is 1.71. The van der Waals surface area contributed by atoms with Crippen molar-refractivity contribution < 1.29 is 0 Å². The molecule has 2 aliphatic heterocycles. The van der Waals surface area contributed by atoms with Crippen LogP contribution >= 0.6 is 27.7 Å². The Morgan fingerprint density at radius 1 is 1.71 bits per heavy atom. The summed E-state index contributed by atoms with van der Waals surface area (Å²) in [5.74, 6) is 1.90. The van der Waals surface area contributed by atoms with E-state index in [1.807, 2.05) is 6.92 Å². The average Bonchev–Trinajstić information content (AvgIpc) is 2.35. The summed E-state index contributed by atoms with van der Waals surface area (Å²) in [5, 5.41) is 4.55. The molecule has 6 heteroatoms. The second-order valence-corrected chi connectivity index (χ2v) is 5.77. The first-order valence-electron chi connectivity index (χ1n) is 5.27. The quantitative estimate of drug-likeness (QED) is 0.776. The smallest absolute Gasteiger partial charge is 0.121 e. The van der Waals surface area contributed by atoms with E-state index in [0.29, 0.717) is 0 Å². The van der Waals surface area contributed by atoms with E-state index in [1.165, 1.54) is 9.51 Å². The molecule has 0 unspecified atom stereocenters. The third-order valence-electron chi connectivity index (χ3n) is 2.65. The molecule has 4 nitrogen and oxygen atoms in total. The van der Waals surface area contributed by atoms with Crippen LogP contribution in [-0.2, 0) is 0 Å². The van der Waals surface area contributed by atoms with Crippen molar-refractivity contribution in [3.63, 3.8) is 0 Å². The van der Waals surface area contributed by atoms with E-state index in [-0.39, 0.29) is 0 Å². The Kier molecular flexibility index (Phi) is 3.83. The van der Waals surface area contributed by atoms with Gasteiger partial charge < -0.3 is 16.0 Å². The molecule has 0 fully saturated rings. The van der Waals surface area contributed by atoms with Crippen LogP contribution < -0.4 is 11.1 Å². The van der Waals surface area contributed by atoms with Gasteiger partial charge in [0.25, 0.3) is 0 Å². The van der Waals surface area contributed by atoms with Crippen LogP contribution in [0.4, 0.5) is 0 Å². The molecule has 3 N–H and O–H groups in total. The van der Waals surface area contributed by atoms with Crippen molar-refractivity contribution in [2.24, 2.45) is 10.7 Å². The van der Waals surface area contributed by atoms with Gasteiger partial charge in [-0.1, -0.05) is 15.9 Å². The molecular weight excluding hydrogens is 300 g/mol. The summed E-state index contributed by atoms with van der Waals surface area (Å²) in [7, 11) is 1.79. The van der Waals surface area contributed by atoms with Gasteiger partial charge in [-0.05, 0) is 13.0 Å². The van der Waals surface area contributed by atoms with Gasteiger partial charge in [0.2, 0.25) is 0 Å². The van der Waals surface area contributed by atoms with Crippen LogP contribution in [0.5, 0.6) is 0 Å². The zero-order valence-electron chi connectivity index (χ0n) is 9.83. The molecule has 0 aromatic heterocycles. The van der Waals surface area contributed by atoms with Crippen LogP contribution in [0.25, 0.3) is 0 Å². The minimum Gasteiger partial charge on any atom is -0.403 e. The van der Waals surface area contributed by atoms with Gasteiger partial charge in [0.1, 0.15) is 5.84 Å². The molecule has 2 heterocycles. The van der Waals surface area contributed by atoms with Crippen molar-refractivity contribution >= 4 is 33.5 Å². The minimum atomic E-state index is 0.743. The molecule has 2 rings (SSSR count). The van der Waals surface area contributed by atoms with E-state index in [4.69, 9.17) is 5.73 Å². The van der Waals surface area contributed by atoms with Crippen LogP contribution in [0.2, 0.25) is 0 Å². The predicted molar refractivity (Wildman–Crippen MR) is 77.6 cm³/mol. The minimum absolute atomic E-state index is 0.743. The molecule has 0 atom stereocenters. The maximum atomic E-state index is 5.62. The molecule has 0 aromatic rings. The fraction of sp³-hybridized carbons (Fsp3) is 0.364. The Morgan fingerprint density at radius 3 is 3.12 bits per heavy atom. The number of amidine groups is 1. The van der Waals surface area contributed by atoms with Gasteiger partial charge in [-0.15, -0.1) is 11.8 Å². The molecule has 0 bridgehead atoms. The monoisotopic (exact) mass is 314 g/mol. The maximum Gasteiger partial charge on any atom is 0.121 e. The molecule has 92 valence electrons. The number of rotatable bonds is 1. The predicted octanol–water partition coefficient (Wildman–Crippen LogP) is 1.93. The molecule has 2 aliphatic rings. The Morgan fingerprint density at radius 2 is 2.47 bits per heavy atom. The zero-order valence-corrected chi connectivity index (χ0v) is 12.2. The fourth-order valence-corrected chi connectivity index (χ4v) is 3.27. The number of halogens is 1. The van der Waals surface area contributed by atoms with Gasteiger partial charge in [-0.25, -0.2) is 0 Å². The summed E-state index contributed by atoms with van der Waals surface area (Å²) in [6.07, 6.45) is 3.74. The molecule has 0 saturated heterocycles. The Labute approximate surface area is 114 Å². The van der Waals surface area contributed by atoms with Crippen LogP contribution in [0.15, 0.2) is 38.2 Å². The molecular formula is C11H15BrN4S. The highest BCUT2D eigenvalue weighted by molar-refractivity contribution is 9.11. The first-order chi connectivity index (χ1) is 8.15. The molecule has 0 amide bonds. The van der Waals surface area contributed by atoms with E-state index in [9.17, 15) is 0 Å². The van der Waals surface area contributed by atoms with E-state index in [0.717, 1.165) is 29.5 Å². The Bertz CT molecular complexity index is 450. The SMILES string of the molecule is CN=C1CN(/C(C)=C\N)C2=C(C=C(Br)CS2)N1. The summed E-state index contributed by atoms with van der Waals surface area (Å²) in [4.78, 5) is 6.43. The molecule has 0 aliphatic carbocycles. The number of nitrogens with one attached hydrogen (secondary N) is 1. The van der Waals surface area contributed by atoms with Gasteiger partial charge in [0.15, 0.2) is 0 Å². The highest BCUT2D eigenvalue weighted by Crippen LogP contribution is 2.36. The number of aliphatic imine (C=N–C) groups is 1. The second-order valence-electron chi connectivity index (χ2n) is 3.79. The van der Waals surface area contributed by atoms with E-state index in [1.54, 1.807) is 25.0 Å². The first kappa shape index (κ1) is 12.6. The lowest BCUT2D eigenvalue weighted by Gasteiger charge is -2.35. The van der Waals surface area contributed by atoms with Crippen molar-refractivity contribution in [2.45, 2.75) is 6.92 Å². The number of hydrogen-bond donors (Lipinski definition) is 2. The molecule has 17 heavy (non-hydrogen) atoms. The normalized spacial score (nSPS) is 23.5. The number of allylic oxidation sites excluding steroid dienone is 2. The van der Waals surface area contributed by atoms with Crippen LogP contribution in [0.3, 0.4) is 0 Å². The van der Waals surface area contributed by atoms with Gasteiger partial charge >= 0.3 is 0 Å². The number of nitrogens with two attached hydrogens (primary N) is 1. The summed E-state index contributed by atoms with van der Waals surface area (Å²) in [5.41, 5.74) is 7.74. The van der Waals surface area contributed by atoms with Crippen molar-refractivity contribution in [2.75, 3.05) is 19.3 Å². The Balaban J connectivity index is 2.42. The van der Waals surface area contributed by atoms with E-state index < -0.39 is 0 Å². The maximum absolute atomic E-state index is 5.62. The van der Waals surface area contributed by atoms with E-state index in [2.05, 4.69) is 37.2 Å². The van der Waals surface area contributed by atoms with Crippen LogP contribution in [-0.4, -0.2) is 30.1 Å². The largest absolute Gasteiger partial charge is 0.403 e. The van der Waals surface area contributed by atoms with Gasteiger partial charge in [-0.2, -0.15) is 0 Å². The average molecular weight is 315 g/mol.